The van der Waals surface area contributed by atoms with Crippen molar-refractivity contribution in [3.63, 3.8) is 0 Å². The average Bonchev–Trinajstić information content (AvgIpc) is 2.70. The summed E-state index contributed by atoms with van der Waals surface area (Å²) in [5, 5.41) is 11.4. The quantitative estimate of drug-likeness (QED) is 0.618. The Hall–Kier alpha value is -0.260. The standard InChI is InChI=1S/C9H17NO3S/c11-4-6-13-5-3-10-9(12)8-2-1-7-14-8/h8,11H,1-7H2,(H,10,12). The molecule has 0 spiro atoms. The molecule has 1 saturated heterocycles. The molecular formula is C9H17NO3S. The highest BCUT2D eigenvalue weighted by Gasteiger charge is 2.22. The highest BCUT2D eigenvalue weighted by molar-refractivity contribution is 8.00. The zero-order valence-corrected chi connectivity index (χ0v) is 9.02. The van der Waals surface area contributed by atoms with Gasteiger partial charge in [0.1, 0.15) is 0 Å². The minimum absolute atomic E-state index is 0.0342. The van der Waals surface area contributed by atoms with Gasteiger partial charge in [-0.1, -0.05) is 0 Å². The number of rotatable bonds is 6. The van der Waals surface area contributed by atoms with E-state index in [1.807, 2.05) is 0 Å². The van der Waals surface area contributed by atoms with E-state index in [2.05, 4.69) is 5.32 Å². The van der Waals surface area contributed by atoms with Crippen LogP contribution in [0.3, 0.4) is 0 Å². The summed E-state index contributed by atoms with van der Waals surface area (Å²) in [6.07, 6.45) is 2.14. The molecule has 14 heavy (non-hydrogen) atoms. The molecule has 2 N–H and O–H groups in total. The van der Waals surface area contributed by atoms with Gasteiger partial charge >= 0.3 is 0 Å². The van der Waals surface area contributed by atoms with Crippen LogP contribution in [-0.4, -0.2) is 48.4 Å². The molecule has 1 aliphatic heterocycles. The van der Waals surface area contributed by atoms with E-state index in [9.17, 15) is 4.79 Å². The molecule has 0 radical (unpaired) electrons. The van der Waals surface area contributed by atoms with Crippen LogP contribution >= 0.6 is 11.8 Å². The third-order valence-corrected chi connectivity index (χ3v) is 3.38. The summed E-state index contributed by atoms with van der Waals surface area (Å²) < 4.78 is 5.02. The number of carbonyl (C=O) groups is 1. The van der Waals surface area contributed by atoms with Crippen LogP contribution in [0.1, 0.15) is 12.8 Å². The summed E-state index contributed by atoms with van der Waals surface area (Å²) >= 11 is 1.73. The number of hydrogen-bond donors (Lipinski definition) is 2. The number of aliphatic hydroxyl groups excluding tert-OH is 1. The lowest BCUT2D eigenvalue weighted by atomic mass is 10.2. The van der Waals surface area contributed by atoms with Crippen LogP contribution in [0.15, 0.2) is 0 Å². The van der Waals surface area contributed by atoms with Gasteiger partial charge in [0.25, 0.3) is 0 Å². The Morgan fingerprint density at radius 3 is 3.07 bits per heavy atom. The summed E-state index contributed by atoms with van der Waals surface area (Å²) in [5.74, 6) is 1.22. The molecule has 1 amide bonds. The van der Waals surface area contributed by atoms with E-state index < -0.39 is 0 Å². The maximum Gasteiger partial charge on any atom is 0.233 e. The summed E-state index contributed by atoms with van der Waals surface area (Å²) in [4.78, 5) is 11.4. The van der Waals surface area contributed by atoms with Crippen LogP contribution < -0.4 is 5.32 Å². The topological polar surface area (TPSA) is 58.6 Å². The lowest BCUT2D eigenvalue weighted by Gasteiger charge is -2.09. The van der Waals surface area contributed by atoms with Crippen LogP contribution in [0.4, 0.5) is 0 Å². The normalized spacial score (nSPS) is 21.1. The monoisotopic (exact) mass is 219 g/mol. The molecule has 0 aromatic rings. The molecule has 0 aliphatic carbocycles. The van der Waals surface area contributed by atoms with Crippen molar-refractivity contribution in [3.8, 4) is 0 Å². The Morgan fingerprint density at radius 1 is 1.57 bits per heavy atom. The lowest BCUT2D eigenvalue weighted by Crippen LogP contribution is -2.33. The van der Waals surface area contributed by atoms with Gasteiger partial charge in [-0.25, -0.2) is 0 Å². The number of thioether (sulfide) groups is 1. The Bertz CT molecular complexity index is 171. The summed E-state index contributed by atoms with van der Waals surface area (Å²) in [7, 11) is 0. The molecule has 82 valence electrons. The van der Waals surface area contributed by atoms with Crippen molar-refractivity contribution in [2.75, 3.05) is 32.1 Å². The molecular weight excluding hydrogens is 202 g/mol. The summed E-state index contributed by atoms with van der Waals surface area (Å²) in [6.45, 7) is 1.39. The smallest absolute Gasteiger partial charge is 0.233 e. The second-order valence-electron chi connectivity index (χ2n) is 3.13. The van der Waals surface area contributed by atoms with Gasteiger partial charge in [0.15, 0.2) is 0 Å². The van der Waals surface area contributed by atoms with Crippen LogP contribution in [0.2, 0.25) is 0 Å². The zero-order chi connectivity index (χ0) is 10.2. The zero-order valence-electron chi connectivity index (χ0n) is 8.20. The average molecular weight is 219 g/mol. The van der Waals surface area contributed by atoms with Gasteiger partial charge in [-0.15, -0.1) is 11.8 Å². The van der Waals surface area contributed by atoms with E-state index in [0.29, 0.717) is 19.8 Å². The fourth-order valence-corrected chi connectivity index (χ4v) is 2.50. The number of aliphatic hydroxyl groups is 1. The van der Waals surface area contributed by atoms with Crippen molar-refractivity contribution in [1.82, 2.24) is 5.32 Å². The van der Waals surface area contributed by atoms with E-state index in [1.165, 1.54) is 0 Å². The summed E-state index contributed by atoms with van der Waals surface area (Å²) in [6, 6.07) is 0. The molecule has 1 heterocycles. The first kappa shape index (κ1) is 11.8. The van der Waals surface area contributed by atoms with Gasteiger partial charge < -0.3 is 15.2 Å². The van der Waals surface area contributed by atoms with E-state index >= 15 is 0 Å². The van der Waals surface area contributed by atoms with E-state index in [1.54, 1.807) is 11.8 Å². The molecule has 0 aromatic heterocycles. The number of amides is 1. The van der Waals surface area contributed by atoms with Gasteiger partial charge in [-0.05, 0) is 18.6 Å². The van der Waals surface area contributed by atoms with Crippen molar-refractivity contribution in [2.45, 2.75) is 18.1 Å². The van der Waals surface area contributed by atoms with Crippen LogP contribution in [-0.2, 0) is 9.53 Å². The highest BCUT2D eigenvalue weighted by atomic mass is 32.2. The van der Waals surface area contributed by atoms with Gasteiger partial charge in [0, 0.05) is 6.54 Å². The first-order chi connectivity index (χ1) is 6.84. The molecule has 0 bridgehead atoms. The van der Waals surface area contributed by atoms with E-state index in [4.69, 9.17) is 9.84 Å². The molecule has 4 nitrogen and oxygen atoms in total. The van der Waals surface area contributed by atoms with Crippen molar-refractivity contribution >= 4 is 17.7 Å². The third-order valence-electron chi connectivity index (χ3n) is 2.00. The summed E-state index contributed by atoms with van der Waals surface area (Å²) in [5.41, 5.74) is 0. The van der Waals surface area contributed by atoms with Gasteiger partial charge in [-0.2, -0.15) is 0 Å². The Balaban J connectivity index is 1.97. The fourth-order valence-electron chi connectivity index (χ4n) is 1.31. The van der Waals surface area contributed by atoms with Crippen molar-refractivity contribution < 1.29 is 14.6 Å². The Morgan fingerprint density at radius 2 is 2.43 bits per heavy atom. The van der Waals surface area contributed by atoms with Crippen LogP contribution in [0, 0.1) is 0 Å². The molecule has 1 rings (SSSR count). The van der Waals surface area contributed by atoms with E-state index in [0.717, 1.165) is 18.6 Å². The molecule has 5 heteroatoms. The predicted molar refractivity (Wildman–Crippen MR) is 56.4 cm³/mol. The largest absolute Gasteiger partial charge is 0.394 e. The first-order valence-electron chi connectivity index (χ1n) is 4.92. The van der Waals surface area contributed by atoms with Crippen LogP contribution in [0.25, 0.3) is 0 Å². The second kappa shape index (κ2) is 7.09. The van der Waals surface area contributed by atoms with Crippen molar-refractivity contribution in [2.24, 2.45) is 0 Å². The molecule has 1 unspecified atom stereocenters. The molecule has 1 aliphatic rings. The maximum atomic E-state index is 11.4. The maximum absolute atomic E-state index is 11.4. The molecule has 0 aromatic carbocycles. The number of ether oxygens (including phenoxy) is 1. The molecule has 1 atom stereocenters. The van der Waals surface area contributed by atoms with E-state index in [-0.39, 0.29) is 17.8 Å². The third kappa shape index (κ3) is 4.30. The van der Waals surface area contributed by atoms with Crippen molar-refractivity contribution in [1.29, 1.82) is 0 Å². The second-order valence-corrected chi connectivity index (χ2v) is 4.44. The Kier molecular flexibility index (Phi) is 5.98. The minimum atomic E-state index is 0.0342. The molecule has 0 saturated carbocycles. The predicted octanol–water partition coefficient (Wildman–Crippen LogP) is 0.00710. The number of carbonyl (C=O) groups excluding carboxylic acids is 1. The SMILES string of the molecule is O=C(NCCOCCO)C1CCCS1. The highest BCUT2D eigenvalue weighted by Crippen LogP contribution is 2.25. The minimum Gasteiger partial charge on any atom is -0.394 e. The number of hydrogen-bond acceptors (Lipinski definition) is 4. The van der Waals surface area contributed by atoms with Crippen LogP contribution in [0.5, 0.6) is 0 Å². The number of nitrogens with one attached hydrogen (secondary N) is 1. The van der Waals surface area contributed by atoms with Gasteiger partial charge in [-0.3, -0.25) is 4.79 Å². The first-order valence-corrected chi connectivity index (χ1v) is 5.97. The Labute approximate surface area is 88.4 Å². The lowest BCUT2D eigenvalue weighted by molar-refractivity contribution is -0.120. The van der Waals surface area contributed by atoms with Gasteiger partial charge in [0.2, 0.25) is 5.91 Å². The molecule has 1 fully saturated rings. The van der Waals surface area contributed by atoms with Crippen molar-refractivity contribution in [3.05, 3.63) is 0 Å². The fraction of sp³-hybridized carbons (Fsp3) is 0.889. The van der Waals surface area contributed by atoms with Gasteiger partial charge in [0.05, 0.1) is 25.1 Å².